The minimum absolute atomic E-state index is 0.512. The van der Waals surface area contributed by atoms with E-state index in [0.29, 0.717) is 10.8 Å². The first-order valence-electron chi connectivity index (χ1n) is 13.2. The van der Waals surface area contributed by atoms with E-state index in [9.17, 15) is 0 Å². The lowest BCUT2D eigenvalue weighted by Gasteiger charge is -2.58. The normalized spacial score (nSPS) is 45.3. The van der Waals surface area contributed by atoms with Gasteiger partial charge in [0.25, 0.3) is 0 Å². The van der Waals surface area contributed by atoms with Crippen molar-refractivity contribution in [3.8, 4) is 0 Å². The summed E-state index contributed by atoms with van der Waals surface area (Å²) in [6.45, 7) is 12.8. The van der Waals surface area contributed by atoms with E-state index in [1.165, 1.54) is 70.6 Å². The van der Waals surface area contributed by atoms with Crippen LogP contribution in [0.5, 0.6) is 0 Å². The highest BCUT2D eigenvalue weighted by atomic mass is 14.9. The van der Waals surface area contributed by atoms with E-state index in [1.807, 2.05) is 5.57 Å². The first-order chi connectivity index (χ1) is 13.8. The summed E-state index contributed by atoms with van der Waals surface area (Å²) in [4.78, 5) is 0. The van der Waals surface area contributed by atoms with Crippen molar-refractivity contribution in [3.63, 3.8) is 0 Å². The summed E-state index contributed by atoms with van der Waals surface area (Å²) < 4.78 is 0. The van der Waals surface area contributed by atoms with Crippen molar-refractivity contribution in [3.05, 3.63) is 11.6 Å². The fourth-order valence-electron chi connectivity index (χ4n) is 8.93. The van der Waals surface area contributed by atoms with E-state index in [0.717, 1.165) is 41.5 Å². The topological polar surface area (TPSA) is 12.0 Å². The Morgan fingerprint density at radius 3 is 2.52 bits per heavy atom. The Labute approximate surface area is 181 Å². The summed E-state index contributed by atoms with van der Waals surface area (Å²) in [5.41, 5.74) is 2.96. The molecule has 0 aromatic heterocycles. The molecule has 4 aliphatic carbocycles. The summed E-state index contributed by atoms with van der Waals surface area (Å²) >= 11 is 0. The molecular formula is C28H49N. The summed E-state index contributed by atoms with van der Waals surface area (Å²) in [6, 6.07) is 0.724. The van der Waals surface area contributed by atoms with Gasteiger partial charge >= 0.3 is 0 Å². The maximum Gasteiger partial charge on any atom is 0.0102 e. The van der Waals surface area contributed by atoms with E-state index in [2.05, 4.69) is 53.1 Å². The molecule has 3 saturated carbocycles. The van der Waals surface area contributed by atoms with Gasteiger partial charge in [0, 0.05) is 6.04 Å². The van der Waals surface area contributed by atoms with Crippen molar-refractivity contribution in [2.45, 2.75) is 111 Å². The molecule has 4 aliphatic rings. The lowest BCUT2D eigenvalue weighted by atomic mass is 9.47. The molecular weight excluding hydrogens is 350 g/mol. The fraction of sp³-hybridized carbons (Fsp3) is 0.929. The zero-order chi connectivity index (χ0) is 20.8. The third-order valence-electron chi connectivity index (χ3n) is 10.7. The van der Waals surface area contributed by atoms with Gasteiger partial charge in [-0.15, -0.1) is 0 Å². The number of rotatable bonds is 6. The Bertz CT molecular complexity index is 605. The summed E-state index contributed by atoms with van der Waals surface area (Å²) in [7, 11) is 2.16. The van der Waals surface area contributed by atoms with E-state index in [4.69, 9.17) is 0 Å². The van der Waals surface area contributed by atoms with Gasteiger partial charge in [0.1, 0.15) is 0 Å². The monoisotopic (exact) mass is 399 g/mol. The van der Waals surface area contributed by atoms with Crippen LogP contribution in [0.2, 0.25) is 0 Å². The first kappa shape index (κ1) is 21.9. The molecule has 0 amide bonds. The second-order valence-electron chi connectivity index (χ2n) is 12.5. The predicted octanol–water partition coefficient (Wildman–Crippen LogP) is 7.62. The molecule has 3 unspecified atom stereocenters. The highest BCUT2D eigenvalue weighted by Gasteiger charge is 2.59. The Morgan fingerprint density at radius 1 is 1.00 bits per heavy atom. The quantitative estimate of drug-likeness (QED) is 0.453. The van der Waals surface area contributed by atoms with E-state index < -0.39 is 0 Å². The van der Waals surface area contributed by atoms with Gasteiger partial charge in [0.2, 0.25) is 0 Å². The minimum atomic E-state index is 0.512. The maximum atomic E-state index is 3.57. The van der Waals surface area contributed by atoms with Crippen LogP contribution in [0.15, 0.2) is 11.6 Å². The lowest BCUT2D eigenvalue weighted by molar-refractivity contribution is -0.0513. The molecule has 0 saturated heterocycles. The smallest absolute Gasteiger partial charge is 0.0102 e. The van der Waals surface area contributed by atoms with Crippen LogP contribution in [0.3, 0.4) is 0 Å². The van der Waals surface area contributed by atoms with Crippen molar-refractivity contribution < 1.29 is 0 Å². The number of hydrogen-bond donors (Lipinski definition) is 1. The summed E-state index contributed by atoms with van der Waals surface area (Å²) in [6.07, 6.45) is 18.6. The predicted molar refractivity (Wildman–Crippen MR) is 126 cm³/mol. The largest absolute Gasteiger partial charge is 0.317 e. The Kier molecular flexibility index (Phi) is 6.29. The van der Waals surface area contributed by atoms with Gasteiger partial charge in [-0.3, -0.25) is 0 Å². The SMILES string of the molecule is CN[C@@H]1CC[C@@]2(C)C(=CCC3C2CC[C@@]2(C)C3CC[C@@H]2[C@H](C)CCCC(C)C)C1. The molecule has 3 fully saturated rings. The van der Waals surface area contributed by atoms with Crippen LogP contribution in [0.1, 0.15) is 105 Å². The standard InChI is InChI=1S/C28H49N/c1-19(2)8-7-9-20(3)24-12-13-25-23-11-10-21-18-22(29-6)14-16-27(21,4)26(23)15-17-28(24,25)5/h10,19-20,22-26,29H,7-9,11-18H2,1-6H3/t20-,22-,23?,24-,25?,26?,27+,28-/m1/s1. The van der Waals surface area contributed by atoms with Crippen LogP contribution >= 0.6 is 0 Å². The molecule has 0 radical (unpaired) electrons. The number of hydrogen-bond acceptors (Lipinski definition) is 1. The van der Waals surface area contributed by atoms with Gasteiger partial charge in [-0.25, -0.2) is 0 Å². The summed E-state index contributed by atoms with van der Waals surface area (Å²) in [5.74, 6) is 5.72. The molecule has 0 aliphatic heterocycles. The molecule has 8 atom stereocenters. The third kappa shape index (κ3) is 3.77. The number of allylic oxidation sites excluding steroid dienone is 1. The Hall–Kier alpha value is -0.300. The molecule has 0 heterocycles. The molecule has 166 valence electrons. The average Bonchev–Trinajstić information content (AvgIpc) is 3.04. The first-order valence-corrected chi connectivity index (χ1v) is 13.2. The Morgan fingerprint density at radius 2 is 1.79 bits per heavy atom. The Balaban J connectivity index is 1.48. The van der Waals surface area contributed by atoms with Gasteiger partial charge in [-0.05, 0) is 105 Å². The van der Waals surface area contributed by atoms with Crippen molar-refractivity contribution in [2.24, 2.45) is 46.3 Å². The molecule has 1 N–H and O–H groups in total. The number of nitrogens with one attached hydrogen (secondary N) is 1. The number of fused-ring (bicyclic) bond motifs is 5. The maximum absolute atomic E-state index is 3.57. The van der Waals surface area contributed by atoms with Crippen molar-refractivity contribution in [1.82, 2.24) is 5.32 Å². The minimum Gasteiger partial charge on any atom is -0.317 e. The molecule has 29 heavy (non-hydrogen) atoms. The van der Waals surface area contributed by atoms with Crippen LogP contribution in [0.4, 0.5) is 0 Å². The van der Waals surface area contributed by atoms with Crippen LogP contribution in [0, 0.1) is 46.3 Å². The van der Waals surface area contributed by atoms with E-state index in [-0.39, 0.29) is 0 Å². The molecule has 0 aromatic carbocycles. The molecule has 1 nitrogen and oxygen atoms in total. The zero-order valence-electron chi connectivity index (χ0n) is 20.4. The second kappa shape index (κ2) is 8.33. The van der Waals surface area contributed by atoms with Crippen LogP contribution in [0.25, 0.3) is 0 Å². The molecule has 1 heteroatoms. The van der Waals surface area contributed by atoms with E-state index in [1.54, 1.807) is 0 Å². The van der Waals surface area contributed by atoms with Crippen molar-refractivity contribution in [2.75, 3.05) is 7.05 Å². The van der Waals surface area contributed by atoms with Crippen molar-refractivity contribution >= 4 is 0 Å². The molecule has 0 bridgehead atoms. The molecule has 0 spiro atoms. The second-order valence-corrected chi connectivity index (χ2v) is 12.5. The fourth-order valence-corrected chi connectivity index (χ4v) is 8.93. The van der Waals surface area contributed by atoms with E-state index >= 15 is 0 Å². The van der Waals surface area contributed by atoms with Crippen molar-refractivity contribution in [1.29, 1.82) is 0 Å². The van der Waals surface area contributed by atoms with Gasteiger partial charge in [-0.1, -0.05) is 65.5 Å². The van der Waals surface area contributed by atoms with Gasteiger partial charge < -0.3 is 5.32 Å². The lowest BCUT2D eigenvalue weighted by Crippen LogP contribution is -2.51. The highest BCUT2D eigenvalue weighted by Crippen LogP contribution is 2.67. The molecule has 4 rings (SSSR count). The average molecular weight is 400 g/mol. The van der Waals surface area contributed by atoms with Crippen LogP contribution < -0.4 is 5.32 Å². The van der Waals surface area contributed by atoms with Crippen LogP contribution in [-0.2, 0) is 0 Å². The van der Waals surface area contributed by atoms with Crippen LogP contribution in [-0.4, -0.2) is 13.1 Å². The highest BCUT2D eigenvalue weighted by molar-refractivity contribution is 5.25. The third-order valence-corrected chi connectivity index (χ3v) is 10.7. The van der Waals surface area contributed by atoms with Gasteiger partial charge in [0.05, 0.1) is 0 Å². The van der Waals surface area contributed by atoms with Gasteiger partial charge in [0.15, 0.2) is 0 Å². The van der Waals surface area contributed by atoms with Gasteiger partial charge in [-0.2, -0.15) is 0 Å². The summed E-state index contributed by atoms with van der Waals surface area (Å²) in [5, 5.41) is 3.57. The zero-order valence-corrected chi connectivity index (χ0v) is 20.4. The molecule has 0 aromatic rings.